The minimum atomic E-state index is -0.680. The SMILES string of the molecule is C(=C(c1ccccn1)c1ccccn1)P(c1ccccc1)c1ccccc1. The Balaban J connectivity index is 1.90. The van der Waals surface area contributed by atoms with E-state index in [1.165, 1.54) is 10.6 Å². The second-order valence-electron chi connectivity index (χ2n) is 6.01. The first kappa shape index (κ1) is 17.3. The number of hydrogen-bond acceptors (Lipinski definition) is 2. The molecule has 0 spiro atoms. The molecule has 0 aliphatic rings. The van der Waals surface area contributed by atoms with Crippen LogP contribution in [0.4, 0.5) is 0 Å². The molecular formula is C24H19N2P. The Morgan fingerprint density at radius 2 is 1.00 bits per heavy atom. The maximum Gasteiger partial charge on any atom is 0.0724 e. The molecule has 0 aliphatic carbocycles. The molecule has 130 valence electrons. The summed E-state index contributed by atoms with van der Waals surface area (Å²) in [4.78, 5) is 9.20. The van der Waals surface area contributed by atoms with Gasteiger partial charge in [0.15, 0.2) is 0 Å². The van der Waals surface area contributed by atoms with E-state index in [4.69, 9.17) is 0 Å². The summed E-state index contributed by atoms with van der Waals surface area (Å²) in [6.07, 6.45) is 3.67. The van der Waals surface area contributed by atoms with Crippen LogP contribution in [0.15, 0.2) is 115 Å². The summed E-state index contributed by atoms with van der Waals surface area (Å²) in [5, 5.41) is 2.62. The van der Waals surface area contributed by atoms with Crippen molar-refractivity contribution in [1.82, 2.24) is 9.97 Å². The second-order valence-corrected chi connectivity index (χ2v) is 8.04. The molecular weight excluding hydrogens is 347 g/mol. The van der Waals surface area contributed by atoms with Gasteiger partial charge >= 0.3 is 0 Å². The summed E-state index contributed by atoms with van der Waals surface area (Å²) in [6, 6.07) is 33.3. The van der Waals surface area contributed by atoms with E-state index in [9.17, 15) is 0 Å². The quantitative estimate of drug-likeness (QED) is 0.465. The topological polar surface area (TPSA) is 25.8 Å². The molecule has 0 fully saturated rings. The van der Waals surface area contributed by atoms with Crippen LogP contribution in [0.2, 0.25) is 0 Å². The van der Waals surface area contributed by atoms with Crippen molar-refractivity contribution in [3.05, 3.63) is 127 Å². The largest absolute Gasteiger partial charge is 0.256 e. The van der Waals surface area contributed by atoms with Gasteiger partial charge in [-0.3, -0.25) is 9.97 Å². The number of hydrogen-bond donors (Lipinski definition) is 0. The van der Waals surface area contributed by atoms with Crippen LogP contribution in [0.1, 0.15) is 11.4 Å². The number of rotatable bonds is 5. The predicted octanol–water partition coefficient (Wildman–Crippen LogP) is 5.00. The molecule has 4 rings (SSSR count). The van der Waals surface area contributed by atoms with Crippen LogP contribution >= 0.6 is 7.92 Å². The standard InChI is InChI=1S/C24H19N2P/c1-3-11-20(12-4-1)27(21-13-5-2-6-14-21)19-22(23-15-7-9-17-25-23)24-16-8-10-18-26-24/h1-19H. The van der Waals surface area contributed by atoms with Gasteiger partial charge in [0, 0.05) is 18.0 Å². The normalized spacial score (nSPS) is 10.6. The Labute approximate surface area is 161 Å². The fourth-order valence-corrected chi connectivity index (χ4v) is 5.02. The van der Waals surface area contributed by atoms with Gasteiger partial charge < -0.3 is 0 Å². The molecule has 0 radical (unpaired) electrons. The number of pyridine rings is 2. The molecule has 27 heavy (non-hydrogen) atoms. The van der Waals surface area contributed by atoms with E-state index >= 15 is 0 Å². The molecule has 2 aromatic heterocycles. The zero-order valence-corrected chi connectivity index (χ0v) is 15.7. The molecule has 2 nitrogen and oxygen atoms in total. The molecule has 4 aromatic rings. The Morgan fingerprint density at radius 3 is 1.41 bits per heavy atom. The van der Waals surface area contributed by atoms with Crippen LogP contribution in [-0.4, -0.2) is 9.97 Å². The van der Waals surface area contributed by atoms with Gasteiger partial charge in [0.05, 0.1) is 11.4 Å². The fraction of sp³-hybridized carbons (Fsp3) is 0. The number of aromatic nitrogens is 2. The third-order valence-electron chi connectivity index (χ3n) is 4.21. The number of nitrogens with zero attached hydrogens (tertiary/aromatic N) is 2. The van der Waals surface area contributed by atoms with Gasteiger partial charge in [0.2, 0.25) is 0 Å². The van der Waals surface area contributed by atoms with E-state index < -0.39 is 7.92 Å². The highest BCUT2D eigenvalue weighted by atomic mass is 31.1. The lowest BCUT2D eigenvalue weighted by atomic mass is 10.1. The van der Waals surface area contributed by atoms with E-state index in [-0.39, 0.29) is 0 Å². The number of benzene rings is 2. The minimum Gasteiger partial charge on any atom is -0.256 e. The molecule has 0 N–H and O–H groups in total. The van der Waals surface area contributed by atoms with Crippen LogP contribution in [0.5, 0.6) is 0 Å². The van der Waals surface area contributed by atoms with Gasteiger partial charge in [0.25, 0.3) is 0 Å². The Bertz CT molecular complexity index is 920. The molecule has 0 amide bonds. The molecule has 0 saturated heterocycles. The minimum absolute atomic E-state index is 0.680. The van der Waals surface area contributed by atoms with Crippen LogP contribution in [0.25, 0.3) is 5.57 Å². The van der Waals surface area contributed by atoms with Gasteiger partial charge in [-0.15, -0.1) is 0 Å². The summed E-state index contributed by atoms with van der Waals surface area (Å²) < 4.78 is 0. The first-order chi connectivity index (χ1) is 13.4. The summed E-state index contributed by atoms with van der Waals surface area (Å²) >= 11 is 0. The highest BCUT2D eigenvalue weighted by Gasteiger charge is 2.15. The van der Waals surface area contributed by atoms with Crippen molar-refractivity contribution in [3.8, 4) is 0 Å². The molecule has 3 heteroatoms. The van der Waals surface area contributed by atoms with Gasteiger partial charge in [0.1, 0.15) is 0 Å². The Hall–Kier alpha value is -3.09. The third kappa shape index (κ3) is 4.19. The van der Waals surface area contributed by atoms with Crippen molar-refractivity contribution < 1.29 is 0 Å². The van der Waals surface area contributed by atoms with Crippen LogP contribution < -0.4 is 10.6 Å². The zero-order valence-electron chi connectivity index (χ0n) is 14.8. The molecule has 0 atom stereocenters. The van der Waals surface area contributed by atoms with Gasteiger partial charge in [-0.1, -0.05) is 72.8 Å². The van der Waals surface area contributed by atoms with Gasteiger partial charge in [-0.2, -0.15) is 0 Å². The average molecular weight is 366 g/mol. The second kappa shape index (κ2) is 8.53. The summed E-state index contributed by atoms with van der Waals surface area (Å²) in [7, 11) is -0.680. The lowest BCUT2D eigenvalue weighted by Gasteiger charge is -2.17. The van der Waals surface area contributed by atoms with E-state index in [1.807, 2.05) is 48.8 Å². The summed E-state index contributed by atoms with van der Waals surface area (Å²) in [6.45, 7) is 0. The Morgan fingerprint density at radius 1 is 0.556 bits per heavy atom. The summed E-state index contributed by atoms with van der Waals surface area (Å²) in [5.74, 6) is 2.34. The van der Waals surface area contributed by atoms with Crippen molar-refractivity contribution in [3.63, 3.8) is 0 Å². The Kier molecular flexibility index (Phi) is 5.47. The first-order valence-electron chi connectivity index (χ1n) is 8.86. The maximum absolute atomic E-state index is 4.60. The van der Waals surface area contributed by atoms with Crippen molar-refractivity contribution in [2.45, 2.75) is 0 Å². The first-order valence-corrected chi connectivity index (χ1v) is 10.3. The molecule has 2 heterocycles. The molecule has 0 saturated carbocycles. The van der Waals surface area contributed by atoms with E-state index in [1.54, 1.807) is 0 Å². The predicted molar refractivity (Wildman–Crippen MR) is 115 cm³/mol. The van der Waals surface area contributed by atoms with Gasteiger partial charge in [-0.05, 0) is 48.6 Å². The van der Waals surface area contributed by atoms with E-state index in [2.05, 4.69) is 76.4 Å². The molecule has 0 bridgehead atoms. The monoisotopic (exact) mass is 366 g/mol. The van der Waals surface area contributed by atoms with Crippen LogP contribution in [0.3, 0.4) is 0 Å². The van der Waals surface area contributed by atoms with Crippen molar-refractivity contribution in [2.75, 3.05) is 0 Å². The summed E-state index contributed by atoms with van der Waals surface area (Å²) in [5.41, 5.74) is 2.95. The highest BCUT2D eigenvalue weighted by Crippen LogP contribution is 2.39. The average Bonchev–Trinajstić information content (AvgIpc) is 2.77. The lowest BCUT2D eigenvalue weighted by Crippen LogP contribution is -2.10. The third-order valence-corrected chi connectivity index (χ3v) is 6.43. The van der Waals surface area contributed by atoms with Crippen molar-refractivity contribution >= 4 is 24.1 Å². The smallest absolute Gasteiger partial charge is 0.0724 e. The maximum atomic E-state index is 4.60. The fourth-order valence-electron chi connectivity index (χ4n) is 2.91. The van der Waals surface area contributed by atoms with E-state index in [0.29, 0.717) is 0 Å². The van der Waals surface area contributed by atoms with Crippen molar-refractivity contribution in [2.24, 2.45) is 0 Å². The van der Waals surface area contributed by atoms with E-state index in [0.717, 1.165) is 17.0 Å². The van der Waals surface area contributed by atoms with Crippen molar-refractivity contribution in [1.29, 1.82) is 0 Å². The van der Waals surface area contributed by atoms with Crippen LogP contribution in [-0.2, 0) is 0 Å². The molecule has 0 unspecified atom stereocenters. The highest BCUT2D eigenvalue weighted by molar-refractivity contribution is 7.76. The lowest BCUT2D eigenvalue weighted by molar-refractivity contribution is 1.22. The van der Waals surface area contributed by atoms with Crippen LogP contribution in [0, 0.1) is 0 Å². The zero-order chi connectivity index (χ0) is 18.3. The molecule has 2 aromatic carbocycles. The van der Waals surface area contributed by atoms with Gasteiger partial charge in [-0.25, -0.2) is 0 Å². The molecule has 0 aliphatic heterocycles.